The van der Waals surface area contributed by atoms with Gasteiger partial charge in [0.05, 0.1) is 12.9 Å². The van der Waals surface area contributed by atoms with E-state index in [-0.39, 0.29) is 23.9 Å². The minimum absolute atomic E-state index is 0.123. The molecular weight excluding hydrogens is 393 g/mol. The van der Waals surface area contributed by atoms with Crippen molar-refractivity contribution in [3.8, 4) is 5.75 Å². The van der Waals surface area contributed by atoms with Crippen molar-refractivity contribution < 1.29 is 13.9 Å². The van der Waals surface area contributed by atoms with Crippen LogP contribution in [0.4, 0.5) is 4.39 Å². The number of carbonyl (C=O) groups is 1. The van der Waals surface area contributed by atoms with Gasteiger partial charge in [0.1, 0.15) is 11.6 Å². The van der Waals surface area contributed by atoms with Gasteiger partial charge in [-0.05, 0) is 35.7 Å². The number of carbonyl (C=O) groups excluding carboxylic acids is 1. The second-order valence-electron chi connectivity index (χ2n) is 6.27. The van der Waals surface area contributed by atoms with Crippen molar-refractivity contribution in [2.75, 3.05) is 25.3 Å². The summed E-state index contributed by atoms with van der Waals surface area (Å²) in [6, 6.07) is 14.1. The molecule has 0 aliphatic heterocycles. The number of hydrogen-bond donors (Lipinski definition) is 2. The molecule has 0 atom stereocenters. The topological polar surface area (TPSA) is 95.1 Å². The van der Waals surface area contributed by atoms with Crippen molar-refractivity contribution in [2.45, 2.75) is 18.0 Å². The number of benzene rings is 2. The second-order valence-corrected chi connectivity index (χ2v) is 7.22. The molecule has 0 saturated heterocycles. The SMILES string of the molecule is COc1ccc(CCNC(=O)CSc2nnc(Cc3ccccc3F)n2N)cc1. The molecule has 0 radical (unpaired) electrons. The third-order valence-electron chi connectivity index (χ3n) is 4.27. The van der Waals surface area contributed by atoms with Crippen LogP contribution in [-0.4, -0.2) is 40.2 Å². The molecule has 3 N–H and O–H groups in total. The van der Waals surface area contributed by atoms with E-state index >= 15 is 0 Å². The van der Waals surface area contributed by atoms with Gasteiger partial charge in [0.15, 0.2) is 5.82 Å². The maximum Gasteiger partial charge on any atom is 0.230 e. The number of halogens is 1. The van der Waals surface area contributed by atoms with Gasteiger partial charge < -0.3 is 15.9 Å². The molecule has 1 amide bonds. The van der Waals surface area contributed by atoms with E-state index in [1.54, 1.807) is 25.3 Å². The first kappa shape index (κ1) is 20.7. The number of nitrogens with zero attached hydrogens (tertiary/aromatic N) is 3. The minimum atomic E-state index is -0.319. The molecule has 0 fully saturated rings. The Balaban J connectivity index is 1.45. The molecule has 29 heavy (non-hydrogen) atoms. The van der Waals surface area contributed by atoms with Crippen molar-refractivity contribution in [3.05, 3.63) is 71.3 Å². The lowest BCUT2D eigenvalue weighted by Crippen LogP contribution is -2.27. The van der Waals surface area contributed by atoms with Crippen LogP contribution in [0.1, 0.15) is 17.0 Å². The quantitative estimate of drug-likeness (QED) is 0.411. The predicted octanol–water partition coefficient (Wildman–Crippen LogP) is 2.18. The van der Waals surface area contributed by atoms with Crippen LogP contribution in [0.5, 0.6) is 5.75 Å². The number of nitrogens with one attached hydrogen (secondary N) is 1. The van der Waals surface area contributed by atoms with Gasteiger partial charge in [-0.3, -0.25) is 4.79 Å². The Bertz CT molecular complexity index is 962. The third-order valence-corrected chi connectivity index (χ3v) is 5.21. The van der Waals surface area contributed by atoms with Crippen molar-refractivity contribution in [3.63, 3.8) is 0 Å². The van der Waals surface area contributed by atoms with Gasteiger partial charge in [0.25, 0.3) is 0 Å². The lowest BCUT2D eigenvalue weighted by molar-refractivity contribution is -0.118. The molecule has 3 aromatic rings. The summed E-state index contributed by atoms with van der Waals surface area (Å²) in [5.41, 5.74) is 1.60. The van der Waals surface area contributed by atoms with Gasteiger partial charge in [0.2, 0.25) is 11.1 Å². The zero-order chi connectivity index (χ0) is 20.6. The fourth-order valence-corrected chi connectivity index (χ4v) is 3.36. The number of thioether (sulfide) groups is 1. The minimum Gasteiger partial charge on any atom is -0.497 e. The van der Waals surface area contributed by atoms with Gasteiger partial charge in [-0.25, -0.2) is 9.07 Å². The fraction of sp³-hybridized carbons (Fsp3) is 0.250. The average molecular weight is 415 g/mol. The largest absolute Gasteiger partial charge is 0.497 e. The maximum absolute atomic E-state index is 13.8. The highest BCUT2D eigenvalue weighted by molar-refractivity contribution is 7.99. The fourth-order valence-electron chi connectivity index (χ4n) is 2.66. The van der Waals surface area contributed by atoms with Crippen LogP contribution in [0.3, 0.4) is 0 Å². The first-order chi connectivity index (χ1) is 14.1. The van der Waals surface area contributed by atoms with Gasteiger partial charge in [-0.1, -0.05) is 42.1 Å². The van der Waals surface area contributed by atoms with Gasteiger partial charge in [0, 0.05) is 13.0 Å². The molecule has 0 spiro atoms. The van der Waals surface area contributed by atoms with Crippen LogP contribution in [0, 0.1) is 5.82 Å². The van der Waals surface area contributed by atoms with Crippen LogP contribution >= 0.6 is 11.8 Å². The van der Waals surface area contributed by atoms with Gasteiger partial charge >= 0.3 is 0 Å². The van der Waals surface area contributed by atoms with E-state index in [1.807, 2.05) is 24.3 Å². The van der Waals surface area contributed by atoms with Crippen LogP contribution in [0.15, 0.2) is 53.7 Å². The summed E-state index contributed by atoms with van der Waals surface area (Å²) in [5.74, 6) is 6.95. The summed E-state index contributed by atoms with van der Waals surface area (Å²) in [6.07, 6.45) is 0.949. The molecule has 1 heterocycles. The summed E-state index contributed by atoms with van der Waals surface area (Å²) in [7, 11) is 1.62. The number of nitrogens with two attached hydrogens (primary N) is 1. The molecule has 7 nitrogen and oxygen atoms in total. The number of amides is 1. The third kappa shape index (κ3) is 5.71. The molecule has 1 aromatic heterocycles. The van der Waals surface area contributed by atoms with E-state index in [0.29, 0.717) is 23.1 Å². The zero-order valence-electron chi connectivity index (χ0n) is 16.0. The molecule has 3 rings (SSSR count). The van der Waals surface area contributed by atoms with E-state index in [9.17, 15) is 9.18 Å². The highest BCUT2D eigenvalue weighted by Gasteiger charge is 2.14. The molecular formula is C20H22FN5O2S. The average Bonchev–Trinajstić information content (AvgIpc) is 3.08. The Kier molecular flexibility index (Phi) is 7.07. The Morgan fingerprint density at radius 1 is 1.21 bits per heavy atom. The molecule has 2 aromatic carbocycles. The molecule has 0 bridgehead atoms. The van der Waals surface area contributed by atoms with Crippen molar-refractivity contribution in [1.29, 1.82) is 0 Å². The van der Waals surface area contributed by atoms with E-state index in [2.05, 4.69) is 15.5 Å². The van der Waals surface area contributed by atoms with Crippen molar-refractivity contribution in [1.82, 2.24) is 20.2 Å². The number of nitrogen functional groups attached to an aromatic ring is 1. The lowest BCUT2D eigenvalue weighted by atomic mass is 10.1. The zero-order valence-corrected chi connectivity index (χ0v) is 16.8. The maximum atomic E-state index is 13.8. The standard InChI is InChI=1S/C20H22FN5O2S/c1-28-16-8-6-14(7-9-16)10-11-23-19(27)13-29-20-25-24-18(26(20)22)12-15-4-2-3-5-17(15)21/h2-9H,10-13,22H2,1H3,(H,23,27). The Morgan fingerprint density at radius 3 is 2.69 bits per heavy atom. The molecule has 9 heteroatoms. The monoisotopic (exact) mass is 415 g/mol. The van der Waals surface area contributed by atoms with E-state index in [4.69, 9.17) is 10.6 Å². The number of ether oxygens (including phenoxy) is 1. The first-order valence-corrected chi connectivity index (χ1v) is 10.0. The Hall–Kier alpha value is -3.07. The van der Waals surface area contributed by atoms with Crippen LogP contribution in [-0.2, 0) is 17.6 Å². The van der Waals surface area contributed by atoms with Gasteiger partial charge in [-0.2, -0.15) is 0 Å². The summed E-state index contributed by atoms with van der Waals surface area (Å²) >= 11 is 1.18. The molecule has 0 aliphatic carbocycles. The first-order valence-electron chi connectivity index (χ1n) is 9.02. The second kappa shape index (κ2) is 9.92. The molecule has 0 unspecified atom stereocenters. The van der Waals surface area contributed by atoms with Crippen LogP contribution < -0.4 is 15.9 Å². The van der Waals surface area contributed by atoms with E-state index in [0.717, 1.165) is 17.7 Å². The lowest BCUT2D eigenvalue weighted by Gasteiger charge is -2.07. The van der Waals surface area contributed by atoms with Crippen LogP contribution in [0.25, 0.3) is 0 Å². The number of methoxy groups -OCH3 is 1. The summed E-state index contributed by atoms with van der Waals surface area (Å²) in [6.45, 7) is 0.527. The predicted molar refractivity (Wildman–Crippen MR) is 110 cm³/mol. The van der Waals surface area contributed by atoms with Gasteiger partial charge in [-0.15, -0.1) is 10.2 Å². The normalized spacial score (nSPS) is 10.7. The van der Waals surface area contributed by atoms with Crippen molar-refractivity contribution >= 4 is 17.7 Å². The summed E-state index contributed by atoms with van der Waals surface area (Å²) in [5, 5.41) is 11.3. The van der Waals surface area contributed by atoms with Crippen molar-refractivity contribution in [2.24, 2.45) is 0 Å². The highest BCUT2D eigenvalue weighted by Crippen LogP contribution is 2.17. The number of hydrogen-bond acceptors (Lipinski definition) is 6. The number of rotatable bonds is 9. The summed E-state index contributed by atoms with van der Waals surface area (Å²) < 4.78 is 20.2. The smallest absolute Gasteiger partial charge is 0.230 e. The molecule has 0 saturated carbocycles. The Labute approximate surface area is 172 Å². The Morgan fingerprint density at radius 2 is 1.97 bits per heavy atom. The molecule has 152 valence electrons. The molecule has 0 aliphatic rings. The number of aromatic nitrogens is 3. The summed E-state index contributed by atoms with van der Waals surface area (Å²) in [4.78, 5) is 12.1. The van der Waals surface area contributed by atoms with E-state index < -0.39 is 0 Å². The van der Waals surface area contributed by atoms with E-state index in [1.165, 1.54) is 22.5 Å². The van der Waals surface area contributed by atoms with Crippen LogP contribution in [0.2, 0.25) is 0 Å². The highest BCUT2D eigenvalue weighted by atomic mass is 32.2.